The number of para-hydroxylation sites is 6. The van der Waals surface area contributed by atoms with E-state index >= 15 is 0 Å². The molecule has 76 heavy (non-hydrogen) atoms. The van der Waals surface area contributed by atoms with Crippen molar-refractivity contribution in [3.05, 3.63) is 255 Å². The lowest BCUT2D eigenvalue weighted by molar-refractivity contribution is 0.669. The van der Waals surface area contributed by atoms with E-state index < -0.39 is 0 Å². The first-order valence-electron chi connectivity index (χ1n) is 25.7. The summed E-state index contributed by atoms with van der Waals surface area (Å²) in [7, 11) is 0. The average Bonchev–Trinajstić information content (AvgIpc) is 4.27. The number of benzene rings is 11. The van der Waals surface area contributed by atoms with E-state index in [0.717, 1.165) is 127 Å². The predicted octanol–water partition coefficient (Wildman–Crippen LogP) is 18.8. The first-order valence-corrected chi connectivity index (χ1v) is 25.7. The summed E-state index contributed by atoms with van der Waals surface area (Å²) in [6, 6.07) is 90.5. The minimum atomic E-state index is 0.651. The Bertz CT molecular complexity index is 4960. The van der Waals surface area contributed by atoms with E-state index in [-0.39, 0.29) is 0 Å². The number of aromatic nitrogens is 4. The maximum Gasteiger partial charge on any atom is 0.160 e. The molecule has 6 heteroatoms. The van der Waals surface area contributed by atoms with Crippen molar-refractivity contribution in [2.45, 2.75) is 0 Å². The fraction of sp³-hybridized carbons (Fsp3) is 0. The lowest BCUT2D eigenvalue weighted by Gasteiger charge is -2.15. The van der Waals surface area contributed by atoms with Gasteiger partial charge in [-0.2, -0.15) is 0 Å². The van der Waals surface area contributed by atoms with Gasteiger partial charge in [-0.25, -0.2) is 9.97 Å². The van der Waals surface area contributed by atoms with E-state index in [1.807, 2.05) is 42.5 Å². The lowest BCUT2D eigenvalue weighted by Crippen LogP contribution is -1.99. The van der Waals surface area contributed by atoms with Crippen LogP contribution in [0.1, 0.15) is 0 Å². The number of hydrogen-bond acceptors (Lipinski definition) is 4. The van der Waals surface area contributed by atoms with E-state index in [0.29, 0.717) is 5.82 Å². The minimum absolute atomic E-state index is 0.651. The highest BCUT2D eigenvalue weighted by atomic mass is 16.3. The zero-order valence-corrected chi connectivity index (χ0v) is 40.9. The van der Waals surface area contributed by atoms with Crippen molar-refractivity contribution in [1.82, 2.24) is 19.1 Å². The van der Waals surface area contributed by atoms with Crippen molar-refractivity contribution in [2.24, 2.45) is 0 Å². The molecule has 0 aliphatic rings. The smallest absolute Gasteiger partial charge is 0.160 e. The highest BCUT2D eigenvalue weighted by molar-refractivity contribution is 6.16. The second kappa shape index (κ2) is 16.6. The summed E-state index contributed by atoms with van der Waals surface area (Å²) in [6.45, 7) is 0. The van der Waals surface area contributed by atoms with Gasteiger partial charge in [0.1, 0.15) is 22.3 Å². The van der Waals surface area contributed by atoms with Crippen LogP contribution in [-0.4, -0.2) is 19.1 Å². The second-order valence-electron chi connectivity index (χ2n) is 19.7. The van der Waals surface area contributed by atoms with Crippen LogP contribution in [0.2, 0.25) is 0 Å². The highest BCUT2D eigenvalue weighted by Gasteiger charge is 2.22. The molecular formula is C70H42N4O2. The van der Waals surface area contributed by atoms with Crippen LogP contribution in [0.4, 0.5) is 0 Å². The Hall–Kier alpha value is -10.3. The number of nitrogens with zero attached hydrogens (tertiary/aromatic N) is 4. The van der Waals surface area contributed by atoms with Crippen molar-refractivity contribution in [3.63, 3.8) is 0 Å². The van der Waals surface area contributed by atoms with Gasteiger partial charge in [-0.3, -0.25) is 0 Å². The molecule has 0 amide bonds. The van der Waals surface area contributed by atoms with Crippen molar-refractivity contribution in [3.8, 4) is 67.5 Å². The van der Waals surface area contributed by atoms with E-state index in [9.17, 15) is 0 Å². The number of rotatable bonds is 7. The highest BCUT2D eigenvalue weighted by Crippen LogP contribution is 2.43. The molecule has 0 N–H and O–H groups in total. The third-order valence-electron chi connectivity index (χ3n) is 15.3. The Kier molecular flexibility index (Phi) is 9.23. The monoisotopic (exact) mass is 970 g/mol. The second-order valence-corrected chi connectivity index (χ2v) is 19.7. The molecular weight excluding hydrogens is 929 g/mol. The van der Waals surface area contributed by atoms with E-state index in [4.69, 9.17) is 18.8 Å². The summed E-state index contributed by atoms with van der Waals surface area (Å²) < 4.78 is 17.8. The van der Waals surface area contributed by atoms with Crippen LogP contribution in [0.15, 0.2) is 264 Å². The van der Waals surface area contributed by atoms with E-state index in [2.05, 4.69) is 221 Å². The summed E-state index contributed by atoms with van der Waals surface area (Å²) >= 11 is 0. The van der Waals surface area contributed by atoms with Crippen LogP contribution in [0.5, 0.6) is 0 Å². The molecule has 16 rings (SSSR count). The third kappa shape index (κ3) is 6.54. The molecule has 0 aliphatic carbocycles. The molecule has 0 spiro atoms. The van der Waals surface area contributed by atoms with Crippen LogP contribution in [0, 0.1) is 0 Å². The van der Waals surface area contributed by atoms with Crippen LogP contribution >= 0.6 is 0 Å². The molecule has 0 atom stereocenters. The Morgan fingerprint density at radius 1 is 0.276 bits per heavy atom. The van der Waals surface area contributed by atoms with Gasteiger partial charge in [0.2, 0.25) is 0 Å². The molecule has 6 nitrogen and oxygen atoms in total. The molecule has 0 unspecified atom stereocenters. The van der Waals surface area contributed by atoms with Crippen molar-refractivity contribution in [2.75, 3.05) is 0 Å². The lowest BCUT2D eigenvalue weighted by atomic mass is 9.96. The van der Waals surface area contributed by atoms with Gasteiger partial charge in [-0.1, -0.05) is 176 Å². The number of fused-ring (bicyclic) bond motifs is 12. The standard InChI is InChI=1S/C70H42N4O2/c1-2-16-43(17-3-1)70-71-60(42-61(72-70)47-34-36-56-54-24-6-10-32-65(54)75-67(56)40-47)46-20-13-21-48(39-46)74-64-37-35-49(73-62-30-8-4-22-52(62)53-23-5-9-31-63(53)73)41-59(64)57-28-14-26-50(68(57)74)44-18-12-19-45(38-44)51-27-15-29-58-55-25-7-11-33-66(55)76-69(51)58/h1-42H. The maximum absolute atomic E-state index is 6.59. The SMILES string of the molecule is c1ccc(-c2nc(-c3cccc(-n4c5ccc(-n6c7ccccc7c7ccccc76)cc5c5cccc(-c6cccc(-c7cccc8c7oc7ccccc78)c6)c54)c3)cc(-c3ccc4c(c3)oc3ccccc34)n2)cc1. The van der Waals surface area contributed by atoms with Crippen LogP contribution in [0.3, 0.4) is 0 Å². The van der Waals surface area contributed by atoms with Crippen LogP contribution < -0.4 is 0 Å². The molecule has 0 saturated heterocycles. The number of furan rings is 2. The largest absolute Gasteiger partial charge is 0.456 e. The Morgan fingerprint density at radius 3 is 1.59 bits per heavy atom. The fourth-order valence-electron chi connectivity index (χ4n) is 11.9. The quantitative estimate of drug-likeness (QED) is 0.160. The van der Waals surface area contributed by atoms with Gasteiger partial charge in [0, 0.05) is 82.3 Å². The summed E-state index contributed by atoms with van der Waals surface area (Å²) in [5.41, 5.74) is 19.0. The minimum Gasteiger partial charge on any atom is -0.456 e. The molecule has 11 aromatic carbocycles. The summed E-state index contributed by atoms with van der Waals surface area (Å²) in [5, 5.41) is 9.17. The topological polar surface area (TPSA) is 61.9 Å². The third-order valence-corrected chi connectivity index (χ3v) is 15.3. The molecule has 0 fully saturated rings. The van der Waals surface area contributed by atoms with Gasteiger partial charge in [0.15, 0.2) is 5.82 Å². The summed E-state index contributed by atoms with van der Waals surface area (Å²) in [6.07, 6.45) is 0. The normalized spacial score (nSPS) is 11.9. The predicted molar refractivity (Wildman–Crippen MR) is 312 cm³/mol. The first-order chi connectivity index (χ1) is 37.7. The van der Waals surface area contributed by atoms with Gasteiger partial charge in [-0.05, 0) is 90.0 Å². The van der Waals surface area contributed by atoms with E-state index in [1.165, 1.54) is 21.8 Å². The molecule has 0 radical (unpaired) electrons. The van der Waals surface area contributed by atoms with Crippen molar-refractivity contribution >= 4 is 87.5 Å². The van der Waals surface area contributed by atoms with Crippen LogP contribution in [0.25, 0.3) is 155 Å². The molecule has 0 bridgehead atoms. The maximum atomic E-state index is 6.59. The van der Waals surface area contributed by atoms with Gasteiger partial charge in [0.25, 0.3) is 0 Å². The molecule has 0 aliphatic heterocycles. The van der Waals surface area contributed by atoms with E-state index in [1.54, 1.807) is 0 Å². The van der Waals surface area contributed by atoms with Gasteiger partial charge < -0.3 is 18.0 Å². The Balaban J connectivity index is 0.912. The molecule has 5 heterocycles. The summed E-state index contributed by atoms with van der Waals surface area (Å²) in [4.78, 5) is 10.5. The zero-order valence-electron chi connectivity index (χ0n) is 40.9. The average molecular weight is 971 g/mol. The molecule has 16 aromatic rings. The Labute approximate surface area is 435 Å². The zero-order chi connectivity index (χ0) is 49.8. The summed E-state index contributed by atoms with van der Waals surface area (Å²) in [5.74, 6) is 0.651. The van der Waals surface area contributed by atoms with Gasteiger partial charge in [-0.15, -0.1) is 0 Å². The first kappa shape index (κ1) is 42.2. The van der Waals surface area contributed by atoms with Crippen molar-refractivity contribution < 1.29 is 8.83 Å². The number of hydrogen-bond donors (Lipinski definition) is 0. The fourth-order valence-corrected chi connectivity index (χ4v) is 11.9. The molecule has 5 aromatic heterocycles. The molecule has 0 saturated carbocycles. The van der Waals surface area contributed by atoms with Crippen molar-refractivity contribution in [1.29, 1.82) is 0 Å². The molecule has 354 valence electrons. The van der Waals surface area contributed by atoms with Gasteiger partial charge in [0.05, 0.1) is 33.5 Å². The van der Waals surface area contributed by atoms with Gasteiger partial charge >= 0.3 is 0 Å². The van der Waals surface area contributed by atoms with Crippen LogP contribution in [-0.2, 0) is 0 Å². The Morgan fingerprint density at radius 2 is 0.816 bits per heavy atom.